The van der Waals surface area contributed by atoms with E-state index in [-0.39, 0.29) is 18.6 Å². The number of piperidine rings is 1. The zero-order valence-electron chi connectivity index (χ0n) is 15.6. The van der Waals surface area contributed by atoms with Gasteiger partial charge in [-0.2, -0.15) is 0 Å². The Balaban J connectivity index is 1.42. The fourth-order valence-corrected chi connectivity index (χ4v) is 3.59. The number of aryl methyl sites for hydroxylation is 1. The minimum atomic E-state index is -0.158. The first-order chi connectivity index (χ1) is 12.6. The molecular formula is C21H30N2O3. The number of carbonyl (C=O) groups is 1. The molecule has 0 spiro atoms. The fourth-order valence-electron chi connectivity index (χ4n) is 3.59. The number of likely N-dealkylation sites (tertiary alicyclic amines) is 1. The number of benzene rings is 1. The number of aliphatic hydroxyl groups excluding tert-OH is 1. The summed E-state index contributed by atoms with van der Waals surface area (Å²) >= 11 is 0. The Morgan fingerprint density at radius 3 is 2.65 bits per heavy atom. The second-order valence-electron chi connectivity index (χ2n) is 7.40. The predicted octanol–water partition coefficient (Wildman–Crippen LogP) is 1.94. The molecule has 0 aromatic heterocycles. The van der Waals surface area contributed by atoms with E-state index < -0.39 is 0 Å². The van der Waals surface area contributed by atoms with E-state index in [2.05, 4.69) is 48.2 Å². The van der Waals surface area contributed by atoms with Crippen LogP contribution < -0.4 is 0 Å². The van der Waals surface area contributed by atoms with Crippen molar-refractivity contribution in [2.24, 2.45) is 5.92 Å². The Labute approximate surface area is 156 Å². The molecule has 5 heteroatoms. The highest BCUT2D eigenvalue weighted by Gasteiger charge is 2.26. The monoisotopic (exact) mass is 358 g/mol. The SMILES string of the molecule is Cc1ccc(/C=C/C2CCN(C(=O)CN3CCO[C@@H](CO)C3)CC2)cc1. The molecule has 0 saturated carbocycles. The van der Waals surface area contributed by atoms with Gasteiger partial charge in [-0.05, 0) is 31.2 Å². The van der Waals surface area contributed by atoms with Crippen LogP contribution in [-0.2, 0) is 9.53 Å². The molecule has 5 nitrogen and oxygen atoms in total. The summed E-state index contributed by atoms with van der Waals surface area (Å²) in [5, 5.41) is 9.21. The summed E-state index contributed by atoms with van der Waals surface area (Å²) in [5.41, 5.74) is 2.51. The third-order valence-electron chi connectivity index (χ3n) is 5.32. The third kappa shape index (κ3) is 5.40. The number of morpholine rings is 1. The van der Waals surface area contributed by atoms with Crippen molar-refractivity contribution in [3.63, 3.8) is 0 Å². The molecule has 142 valence electrons. The summed E-state index contributed by atoms with van der Waals surface area (Å²) in [6, 6.07) is 8.56. The quantitative estimate of drug-likeness (QED) is 0.874. The van der Waals surface area contributed by atoms with E-state index in [1.165, 1.54) is 11.1 Å². The van der Waals surface area contributed by atoms with Crippen LogP contribution in [0, 0.1) is 12.8 Å². The predicted molar refractivity (Wildman–Crippen MR) is 103 cm³/mol. The van der Waals surface area contributed by atoms with Gasteiger partial charge in [0, 0.05) is 26.2 Å². The lowest BCUT2D eigenvalue weighted by Crippen LogP contribution is -2.49. The summed E-state index contributed by atoms with van der Waals surface area (Å²) in [6.45, 7) is 6.19. The minimum absolute atomic E-state index is 0.0173. The first-order valence-electron chi connectivity index (χ1n) is 9.61. The van der Waals surface area contributed by atoms with E-state index in [9.17, 15) is 9.90 Å². The van der Waals surface area contributed by atoms with Gasteiger partial charge in [0.2, 0.25) is 5.91 Å². The molecule has 1 aromatic carbocycles. The van der Waals surface area contributed by atoms with Crippen LogP contribution in [0.3, 0.4) is 0 Å². The molecule has 2 heterocycles. The Hall–Kier alpha value is -1.69. The largest absolute Gasteiger partial charge is 0.394 e. The molecule has 1 aromatic rings. The highest BCUT2D eigenvalue weighted by atomic mass is 16.5. The van der Waals surface area contributed by atoms with E-state index >= 15 is 0 Å². The Morgan fingerprint density at radius 1 is 1.23 bits per heavy atom. The van der Waals surface area contributed by atoms with Crippen LogP contribution in [0.25, 0.3) is 6.08 Å². The van der Waals surface area contributed by atoms with Gasteiger partial charge >= 0.3 is 0 Å². The Bertz CT molecular complexity index is 606. The average Bonchev–Trinajstić information content (AvgIpc) is 2.68. The third-order valence-corrected chi connectivity index (χ3v) is 5.32. The number of ether oxygens (including phenoxy) is 1. The van der Waals surface area contributed by atoms with Crippen molar-refractivity contribution >= 4 is 12.0 Å². The minimum Gasteiger partial charge on any atom is -0.394 e. The Morgan fingerprint density at radius 2 is 1.96 bits per heavy atom. The molecule has 2 aliphatic heterocycles. The molecule has 2 saturated heterocycles. The number of allylic oxidation sites excluding steroid dienone is 1. The van der Waals surface area contributed by atoms with Gasteiger partial charge in [-0.1, -0.05) is 42.0 Å². The standard InChI is InChI=1S/C21H30N2O3/c1-17-2-4-18(5-3-17)6-7-19-8-10-23(11-9-19)21(25)15-22-12-13-26-20(14-22)16-24/h2-7,19-20,24H,8-16H2,1H3/b7-6+/t20-/m1/s1. The molecule has 0 aliphatic carbocycles. The van der Waals surface area contributed by atoms with Gasteiger partial charge in [-0.15, -0.1) is 0 Å². The maximum atomic E-state index is 12.5. The lowest BCUT2D eigenvalue weighted by Gasteiger charge is -2.35. The van der Waals surface area contributed by atoms with Crippen LogP contribution in [-0.4, -0.2) is 72.9 Å². The van der Waals surface area contributed by atoms with Gasteiger partial charge in [-0.3, -0.25) is 9.69 Å². The summed E-state index contributed by atoms with van der Waals surface area (Å²) in [4.78, 5) is 16.6. The van der Waals surface area contributed by atoms with Crippen LogP contribution in [0.4, 0.5) is 0 Å². The second kappa shape index (κ2) is 9.31. The average molecular weight is 358 g/mol. The van der Waals surface area contributed by atoms with Gasteiger partial charge in [0.05, 0.1) is 25.9 Å². The number of amides is 1. The molecule has 0 unspecified atom stereocenters. The van der Waals surface area contributed by atoms with Gasteiger partial charge in [0.1, 0.15) is 0 Å². The van der Waals surface area contributed by atoms with Gasteiger partial charge in [-0.25, -0.2) is 0 Å². The lowest BCUT2D eigenvalue weighted by atomic mass is 9.95. The number of aliphatic hydroxyl groups is 1. The normalized spacial score (nSPS) is 22.8. The first kappa shape index (κ1) is 19.1. The zero-order chi connectivity index (χ0) is 18.4. The summed E-state index contributed by atoms with van der Waals surface area (Å²) in [7, 11) is 0. The highest BCUT2D eigenvalue weighted by molar-refractivity contribution is 5.78. The van der Waals surface area contributed by atoms with Crippen LogP contribution in [0.1, 0.15) is 24.0 Å². The van der Waals surface area contributed by atoms with Crippen molar-refractivity contribution in [2.75, 3.05) is 45.9 Å². The maximum absolute atomic E-state index is 12.5. The molecule has 1 N–H and O–H groups in total. The van der Waals surface area contributed by atoms with Gasteiger partial charge < -0.3 is 14.7 Å². The second-order valence-corrected chi connectivity index (χ2v) is 7.40. The highest BCUT2D eigenvalue weighted by Crippen LogP contribution is 2.20. The first-order valence-corrected chi connectivity index (χ1v) is 9.61. The molecule has 2 fully saturated rings. The zero-order valence-corrected chi connectivity index (χ0v) is 15.6. The van der Waals surface area contributed by atoms with Crippen molar-refractivity contribution in [3.8, 4) is 0 Å². The number of nitrogens with zero attached hydrogens (tertiary/aromatic N) is 2. The molecule has 0 bridgehead atoms. The van der Waals surface area contributed by atoms with Crippen LogP contribution in [0.2, 0.25) is 0 Å². The number of hydrogen-bond acceptors (Lipinski definition) is 4. The Kier molecular flexibility index (Phi) is 6.83. The summed E-state index contributed by atoms with van der Waals surface area (Å²) in [5.74, 6) is 0.743. The molecule has 26 heavy (non-hydrogen) atoms. The molecule has 0 radical (unpaired) electrons. The van der Waals surface area contributed by atoms with Crippen LogP contribution in [0.5, 0.6) is 0 Å². The fraction of sp³-hybridized carbons (Fsp3) is 0.571. The van der Waals surface area contributed by atoms with Crippen molar-refractivity contribution in [1.82, 2.24) is 9.80 Å². The van der Waals surface area contributed by atoms with E-state index in [1.807, 2.05) is 4.90 Å². The van der Waals surface area contributed by atoms with Crippen LogP contribution in [0.15, 0.2) is 30.3 Å². The topological polar surface area (TPSA) is 53.0 Å². The molecule has 2 aliphatic rings. The van der Waals surface area contributed by atoms with Crippen molar-refractivity contribution in [1.29, 1.82) is 0 Å². The molecule has 1 amide bonds. The molecule has 1 atom stereocenters. The molecule has 3 rings (SSSR count). The summed E-state index contributed by atoms with van der Waals surface area (Å²) < 4.78 is 5.44. The number of rotatable bonds is 5. The van der Waals surface area contributed by atoms with Crippen LogP contribution >= 0.6 is 0 Å². The lowest BCUT2D eigenvalue weighted by molar-refractivity contribution is -0.136. The van der Waals surface area contributed by atoms with E-state index in [0.717, 1.165) is 32.5 Å². The number of carbonyl (C=O) groups excluding carboxylic acids is 1. The van der Waals surface area contributed by atoms with Gasteiger partial charge in [0.15, 0.2) is 0 Å². The van der Waals surface area contributed by atoms with Crippen molar-refractivity contribution in [3.05, 3.63) is 41.5 Å². The maximum Gasteiger partial charge on any atom is 0.236 e. The van der Waals surface area contributed by atoms with E-state index in [4.69, 9.17) is 4.74 Å². The molecular weight excluding hydrogens is 328 g/mol. The number of hydrogen-bond donors (Lipinski definition) is 1. The smallest absolute Gasteiger partial charge is 0.236 e. The van der Waals surface area contributed by atoms with Crippen molar-refractivity contribution < 1.29 is 14.6 Å². The van der Waals surface area contributed by atoms with Crippen molar-refractivity contribution in [2.45, 2.75) is 25.9 Å². The van der Waals surface area contributed by atoms with Gasteiger partial charge in [0.25, 0.3) is 0 Å². The van der Waals surface area contributed by atoms with E-state index in [1.54, 1.807) is 0 Å². The van der Waals surface area contributed by atoms with E-state index in [0.29, 0.717) is 25.6 Å². The summed E-state index contributed by atoms with van der Waals surface area (Å²) in [6.07, 6.45) is 6.38.